The molecular weight excluding hydrogens is 231 g/mol. The van der Waals surface area contributed by atoms with Crippen molar-refractivity contribution < 1.29 is 17.9 Å². The molecule has 2 nitrogen and oxygen atoms in total. The molecule has 1 aromatic carbocycles. The summed E-state index contributed by atoms with van der Waals surface area (Å²) < 4.78 is 45.0. The van der Waals surface area contributed by atoms with E-state index in [4.69, 9.17) is 10.5 Å². The topological polar surface area (TPSA) is 35.2 Å². The number of rotatable bonds is 2. The first kappa shape index (κ1) is 12.4. The Morgan fingerprint density at radius 1 is 1.18 bits per heavy atom. The van der Waals surface area contributed by atoms with Crippen LogP contribution >= 0.6 is 0 Å². The van der Waals surface area contributed by atoms with Gasteiger partial charge >= 0.3 is 0 Å². The monoisotopic (exact) mass is 245 g/mol. The lowest BCUT2D eigenvalue weighted by atomic mass is 9.89. The van der Waals surface area contributed by atoms with Crippen molar-refractivity contribution in [2.45, 2.75) is 18.9 Å². The van der Waals surface area contributed by atoms with Gasteiger partial charge < -0.3 is 10.5 Å². The van der Waals surface area contributed by atoms with Crippen molar-refractivity contribution in [2.24, 2.45) is 11.7 Å². The maximum atomic E-state index is 13.6. The molecule has 2 rings (SSSR count). The number of hydrogen-bond acceptors (Lipinski definition) is 2. The smallest absolute Gasteiger partial charge is 0.161 e. The van der Waals surface area contributed by atoms with Crippen LogP contribution in [-0.4, -0.2) is 13.2 Å². The molecule has 5 heteroatoms. The van der Waals surface area contributed by atoms with Crippen molar-refractivity contribution >= 4 is 0 Å². The zero-order chi connectivity index (χ0) is 12.4. The van der Waals surface area contributed by atoms with Gasteiger partial charge in [0.1, 0.15) is 5.82 Å². The molecule has 0 spiro atoms. The summed E-state index contributed by atoms with van der Waals surface area (Å²) in [5.74, 6) is -3.09. The quantitative estimate of drug-likeness (QED) is 0.812. The molecule has 17 heavy (non-hydrogen) atoms. The van der Waals surface area contributed by atoms with E-state index in [9.17, 15) is 13.2 Å². The fraction of sp³-hybridized carbons (Fsp3) is 0.500. The second kappa shape index (κ2) is 5.06. The first-order valence-corrected chi connectivity index (χ1v) is 5.59. The summed E-state index contributed by atoms with van der Waals surface area (Å²) in [5, 5.41) is 0. The van der Waals surface area contributed by atoms with Gasteiger partial charge in [-0.05, 0) is 25.5 Å². The summed E-state index contributed by atoms with van der Waals surface area (Å²) in [6, 6.07) is 1.42. The van der Waals surface area contributed by atoms with Crippen molar-refractivity contribution in [2.75, 3.05) is 13.2 Å². The third-order valence-electron chi connectivity index (χ3n) is 3.09. The molecule has 1 aliphatic rings. The van der Waals surface area contributed by atoms with E-state index in [0.717, 1.165) is 18.9 Å². The minimum absolute atomic E-state index is 0.0527. The van der Waals surface area contributed by atoms with Crippen molar-refractivity contribution in [3.63, 3.8) is 0 Å². The van der Waals surface area contributed by atoms with Gasteiger partial charge in [-0.25, -0.2) is 13.2 Å². The average Bonchev–Trinajstić information content (AvgIpc) is 2.34. The van der Waals surface area contributed by atoms with Crippen molar-refractivity contribution in [1.29, 1.82) is 0 Å². The zero-order valence-electron chi connectivity index (χ0n) is 9.26. The molecule has 0 aliphatic carbocycles. The summed E-state index contributed by atoms with van der Waals surface area (Å²) in [7, 11) is 0. The molecule has 94 valence electrons. The Morgan fingerprint density at radius 3 is 2.59 bits per heavy atom. The Morgan fingerprint density at radius 2 is 1.88 bits per heavy atom. The highest BCUT2D eigenvalue weighted by Gasteiger charge is 2.29. The number of nitrogens with two attached hydrogens (primary N) is 1. The van der Waals surface area contributed by atoms with Gasteiger partial charge in [0.2, 0.25) is 0 Å². The maximum Gasteiger partial charge on any atom is 0.161 e. The molecular formula is C12H14F3NO. The molecule has 2 unspecified atom stereocenters. The summed E-state index contributed by atoms with van der Waals surface area (Å²) in [6.45, 7) is 0.822. The minimum atomic E-state index is -1.19. The van der Waals surface area contributed by atoms with Crippen LogP contribution in [0.15, 0.2) is 12.1 Å². The molecule has 1 saturated heterocycles. The fourth-order valence-corrected chi connectivity index (χ4v) is 2.18. The van der Waals surface area contributed by atoms with Crippen LogP contribution in [0.4, 0.5) is 13.2 Å². The van der Waals surface area contributed by atoms with Crippen LogP contribution in [-0.2, 0) is 4.74 Å². The summed E-state index contributed by atoms with van der Waals surface area (Å²) in [6.07, 6.45) is 1.08. The highest BCUT2D eigenvalue weighted by molar-refractivity contribution is 5.23. The zero-order valence-corrected chi connectivity index (χ0v) is 9.26. The van der Waals surface area contributed by atoms with Crippen LogP contribution in [0.1, 0.15) is 24.5 Å². The Balaban J connectivity index is 2.34. The van der Waals surface area contributed by atoms with Crippen LogP contribution in [0.25, 0.3) is 0 Å². The van der Waals surface area contributed by atoms with Crippen LogP contribution < -0.4 is 5.73 Å². The van der Waals surface area contributed by atoms with Gasteiger partial charge in [-0.15, -0.1) is 0 Å². The first-order valence-electron chi connectivity index (χ1n) is 5.59. The van der Waals surface area contributed by atoms with Gasteiger partial charge in [0.05, 0.1) is 6.10 Å². The Bertz CT molecular complexity index is 411. The van der Waals surface area contributed by atoms with Gasteiger partial charge in [0.15, 0.2) is 11.6 Å². The molecule has 2 N–H and O–H groups in total. The van der Waals surface area contributed by atoms with Crippen LogP contribution in [0.3, 0.4) is 0 Å². The Kier molecular flexibility index (Phi) is 3.69. The predicted molar refractivity (Wildman–Crippen MR) is 56.8 cm³/mol. The largest absolute Gasteiger partial charge is 0.373 e. The van der Waals surface area contributed by atoms with Gasteiger partial charge in [0.25, 0.3) is 0 Å². The SMILES string of the molecule is NCC1CCCOC1c1cc(F)c(F)cc1F. The lowest BCUT2D eigenvalue weighted by molar-refractivity contribution is -0.0273. The first-order chi connectivity index (χ1) is 8.13. The van der Waals surface area contributed by atoms with E-state index < -0.39 is 23.6 Å². The van der Waals surface area contributed by atoms with E-state index >= 15 is 0 Å². The molecule has 1 aliphatic heterocycles. The maximum absolute atomic E-state index is 13.6. The average molecular weight is 245 g/mol. The molecule has 1 fully saturated rings. The van der Waals surface area contributed by atoms with Crippen molar-refractivity contribution in [3.05, 3.63) is 35.1 Å². The molecule has 1 heterocycles. The summed E-state index contributed by atoms with van der Waals surface area (Å²) in [4.78, 5) is 0. The van der Waals surface area contributed by atoms with Crippen LogP contribution in [0, 0.1) is 23.4 Å². The van der Waals surface area contributed by atoms with Crippen molar-refractivity contribution in [1.82, 2.24) is 0 Å². The molecule has 0 radical (unpaired) electrons. The predicted octanol–water partition coefficient (Wildman–Crippen LogP) is 2.53. The number of hydrogen-bond donors (Lipinski definition) is 1. The molecule has 2 atom stereocenters. The lowest BCUT2D eigenvalue weighted by Crippen LogP contribution is -2.29. The third-order valence-corrected chi connectivity index (χ3v) is 3.09. The molecule has 0 amide bonds. The molecule has 0 saturated carbocycles. The van der Waals surface area contributed by atoms with Gasteiger partial charge in [0, 0.05) is 24.2 Å². The number of ether oxygens (including phenoxy) is 1. The Hall–Kier alpha value is -1.07. The molecule has 1 aromatic rings. The number of benzene rings is 1. The minimum Gasteiger partial charge on any atom is -0.373 e. The van der Waals surface area contributed by atoms with E-state index in [1.165, 1.54) is 0 Å². The van der Waals surface area contributed by atoms with Crippen LogP contribution in [0.2, 0.25) is 0 Å². The number of halogens is 3. The van der Waals surface area contributed by atoms with Crippen LogP contribution in [0.5, 0.6) is 0 Å². The molecule has 0 aromatic heterocycles. The fourth-order valence-electron chi connectivity index (χ4n) is 2.18. The van der Waals surface area contributed by atoms with E-state index in [0.29, 0.717) is 19.2 Å². The van der Waals surface area contributed by atoms with E-state index in [2.05, 4.69) is 0 Å². The Labute approximate surface area is 97.6 Å². The summed E-state index contributed by atoms with van der Waals surface area (Å²) in [5.41, 5.74) is 5.63. The second-order valence-corrected chi connectivity index (χ2v) is 4.22. The summed E-state index contributed by atoms with van der Waals surface area (Å²) >= 11 is 0. The van der Waals surface area contributed by atoms with Gasteiger partial charge in [-0.2, -0.15) is 0 Å². The van der Waals surface area contributed by atoms with E-state index in [-0.39, 0.29) is 11.5 Å². The molecule has 0 bridgehead atoms. The highest BCUT2D eigenvalue weighted by atomic mass is 19.2. The highest BCUT2D eigenvalue weighted by Crippen LogP contribution is 2.34. The standard InChI is InChI=1S/C12H14F3NO/c13-9-5-11(15)10(14)4-8(9)12-7(6-16)2-1-3-17-12/h4-5,7,12H,1-3,6,16H2. The second-order valence-electron chi connectivity index (χ2n) is 4.22. The normalized spacial score (nSPS) is 24.9. The third kappa shape index (κ3) is 2.45. The van der Waals surface area contributed by atoms with Gasteiger partial charge in [-0.3, -0.25) is 0 Å². The van der Waals surface area contributed by atoms with Gasteiger partial charge in [-0.1, -0.05) is 0 Å². The van der Waals surface area contributed by atoms with E-state index in [1.54, 1.807) is 0 Å². The lowest BCUT2D eigenvalue weighted by Gasteiger charge is -2.31. The van der Waals surface area contributed by atoms with E-state index in [1.807, 2.05) is 0 Å². The van der Waals surface area contributed by atoms with Crippen molar-refractivity contribution in [3.8, 4) is 0 Å².